The van der Waals surface area contributed by atoms with Gasteiger partial charge < -0.3 is 0 Å². The molecule has 0 aliphatic rings. The number of hydrogen-bond acceptors (Lipinski definition) is 0. The van der Waals surface area contributed by atoms with E-state index in [9.17, 15) is 0 Å². The van der Waals surface area contributed by atoms with Crippen molar-refractivity contribution in [2.45, 2.75) is 31.6 Å². The Balaban J connectivity index is 2.95. The van der Waals surface area contributed by atoms with Crippen LogP contribution in [0.1, 0.15) is 31.7 Å². The second-order valence-corrected chi connectivity index (χ2v) is 5.13. The van der Waals surface area contributed by atoms with Crippen molar-refractivity contribution in [3.8, 4) is 0 Å². The third kappa shape index (κ3) is 3.29. The lowest BCUT2D eigenvalue weighted by molar-refractivity contribution is 0.469. The third-order valence-corrected chi connectivity index (χ3v) is 4.25. The summed E-state index contributed by atoms with van der Waals surface area (Å²) in [7, 11) is 0. The van der Waals surface area contributed by atoms with Crippen molar-refractivity contribution < 1.29 is 0 Å². The minimum Gasteiger partial charge on any atom is -0.126 e. The molecule has 0 N–H and O–H groups in total. The first-order chi connectivity index (χ1) is 7.68. The van der Waals surface area contributed by atoms with Gasteiger partial charge in [-0.15, -0.1) is 23.2 Å². The zero-order valence-electron chi connectivity index (χ0n) is 9.48. The smallest absolute Gasteiger partial charge is 0.0406 e. The molecule has 16 heavy (non-hydrogen) atoms. The van der Waals surface area contributed by atoms with Crippen LogP contribution in [0.25, 0.3) is 0 Å². The Hall–Kier alpha value is 0.0900. The molecular formula is C13H17Cl3. The molecule has 0 nitrogen and oxygen atoms in total. The Kier molecular flexibility index (Phi) is 5.96. The van der Waals surface area contributed by atoms with E-state index in [1.807, 2.05) is 24.3 Å². The Labute approximate surface area is 113 Å². The fourth-order valence-electron chi connectivity index (χ4n) is 1.79. The topological polar surface area (TPSA) is 0 Å². The van der Waals surface area contributed by atoms with Crippen LogP contribution in [0.4, 0.5) is 0 Å². The van der Waals surface area contributed by atoms with Crippen LogP contribution in [0.15, 0.2) is 24.3 Å². The average Bonchev–Trinajstić information content (AvgIpc) is 2.33. The van der Waals surface area contributed by atoms with Gasteiger partial charge in [-0.2, -0.15) is 0 Å². The van der Waals surface area contributed by atoms with Crippen molar-refractivity contribution >= 4 is 34.8 Å². The number of hydrogen-bond donors (Lipinski definition) is 0. The van der Waals surface area contributed by atoms with Crippen molar-refractivity contribution in [1.82, 2.24) is 0 Å². The third-order valence-electron chi connectivity index (χ3n) is 2.98. The summed E-state index contributed by atoms with van der Waals surface area (Å²) in [5.41, 5.74) is 1.08. The maximum Gasteiger partial charge on any atom is 0.0406 e. The highest BCUT2D eigenvalue weighted by molar-refractivity contribution is 6.30. The van der Waals surface area contributed by atoms with Gasteiger partial charge in [0.05, 0.1) is 0 Å². The lowest BCUT2D eigenvalue weighted by Crippen LogP contribution is -2.30. The maximum atomic E-state index is 6.12. The normalized spacial score (nSPS) is 11.8. The van der Waals surface area contributed by atoms with Gasteiger partial charge in [0.25, 0.3) is 0 Å². The number of unbranched alkanes of at least 4 members (excludes halogenated alkanes) is 1. The van der Waals surface area contributed by atoms with Crippen molar-refractivity contribution in [2.24, 2.45) is 0 Å². The molecule has 0 aliphatic heterocycles. The van der Waals surface area contributed by atoms with Crippen LogP contribution in [0, 0.1) is 0 Å². The number of benzene rings is 1. The molecule has 1 aromatic rings. The average molecular weight is 280 g/mol. The Morgan fingerprint density at radius 1 is 1.06 bits per heavy atom. The fourth-order valence-corrected chi connectivity index (χ4v) is 2.77. The lowest BCUT2D eigenvalue weighted by Gasteiger charge is -2.30. The molecule has 0 saturated heterocycles. The largest absolute Gasteiger partial charge is 0.126 e. The fraction of sp³-hybridized carbons (Fsp3) is 0.538. The van der Waals surface area contributed by atoms with Crippen molar-refractivity contribution in [1.29, 1.82) is 0 Å². The van der Waals surface area contributed by atoms with Crippen LogP contribution in [-0.2, 0) is 5.41 Å². The molecule has 0 heterocycles. The summed E-state index contributed by atoms with van der Waals surface area (Å²) in [5, 5.41) is 0.747. The lowest BCUT2D eigenvalue weighted by atomic mass is 9.80. The SMILES string of the molecule is CCCCC(CCl)(CCl)c1ccc(Cl)cc1. The number of rotatable bonds is 6. The molecule has 1 rings (SSSR count). The van der Waals surface area contributed by atoms with Gasteiger partial charge in [0.1, 0.15) is 0 Å². The molecule has 1 aromatic carbocycles. The summed E-state index contributed by atoms with van der Waals surface area (Å²) < 4.78 is 0. The first-order valence-corrected chi connectivity index (χ1v) is 7.01. The molecule has 0 bridgehead atoms. The summed E-state index contributed by atoms with van der Waals surface area (Å²) in [4.78, 5) is 0. The van der Waals surface area contributed by atoms with Crippen LogP contribution < -0.4 is 0 Å². The molecule has 0 spiro atoms. The molecule has 0 unspecified atom stereocenters. The molecule has 90 valence electrons. The van der Waals surface area contributed by atoms with E-state index in [4.69, 9.17) is 34.8 Å². The zero-order chi connectivity index (χ0) is 12.0. The van der Waals surface area contributed by atoms with Gasteiger partial charge in [0.2, 0.25) is 0 Å². The molecule has 0 radical (unpaired) electrons. The monoisotopic (exact) mass is 278 g/mol. The number of alkyl halides is 2. The quantitative estimate of drug-likeness (QED) is 0.624. The van der Waals surface area contributed by atoms with Crippen LogP contribution in [0.3, 0.4) is 0 Å². The Bertz CT molecular complexity index is 301. The van der Waals surface area contributed by atoms with Gasteiger partial charge in [0.15, 0.2) is 0 Å². The second kappa shape index (κ2) is 6.74. The van der Waals surface area contributed by atoms with Crippen molar-refractivity contribution in [3.63, 3.8) is 0 Å². The second-order valence-electron chi connectivity index (χ2n) is 4.16. The molecular weight excluding hydrogens is 263 g/mol. The summed E-state index contributed by atoms with van der Waals surface area (Å²) in [6.07, 6.45) is 3.32. The van der Waals surface area contributed by atoms with E-state index < -0.39 is 0 Å². The molecule has 3 heteroatoms. The molecule has 0 aliphatic carbocycles. The zero-order valence-corrected chi connectivity index (χ0v) is 11.7. The molecule has 0 aromatic heterocycles. The predicted molar refractivity (Wildman–Crippen MR) is 74.1 cm³/mol. The van der Waals surface area contributed by atoms with Gasteiger partial charge in [0, 0.05) is 22.2 Å². The van der Waals surface area contributed by atoms with Crippen LogP contribution in [0.2, 0.25) is 5.02 Å². The number of halogens is 3. The standard InChI is InChI=1S/C13H17Cl3/c1-2-3-8-13(9-14,10-15)11-4-6-12(16)7-5-11/h4-7H,2-3,8-10H2,1H3. The van der Waals surface area contributed by atoms with E-state index in [0.717, 1.165) is 24.3 Å². The first kappa shape index (κ1) is 14.2. The highest BCUT2D eigenvalue weighted by Crippen LogP contribution is 2.33. The Morgan fingerprint density at radius 2 is 1.62 bits per heavy atom. The minimum absolute atomic E-state index is 0.107. The summed E-state index contributed by atoms with van der Waals surface area (Å²) in [6.45, 7) is 2.18. The first-order valence-electron chi connectivity index (χ1n) is 5.56. The molecule has 0 amide bonds. The van der Waals surface area contributed by atoms with E-state index in [2.05, 4.69) is 6.92 Å². The van der Waals surface area contributed by atoms with Crippen LogP contribution in [-0.4, -0.2) is 11.8 Å². The summed E-state index contributed by atoms with van der Waals surface area (Å²) in [5.74, 6) is 1.11. The van der Waals surface area contributed by atoms with E-state index in [1.54, 1.807) is 0 Å². The van der Waals surface area contributed by atoms with Crippen LogP contribution >= 0.6 is 34.8 Å². The van der Waals surface area contributed by atoms with Crippen molar-refractivity contribution in [3.05, 3.63) is 34.9 Å². The highest BCUT2D eigenvalue weighted by atomic mass is 35.5. The van der Waals surface area contributed by atoms with E-state index in [-0.39, 0.29) is 5.41 Å². The van der Waals surface area contributed by atoms with Gasteiger partial charge >= 0.3 is 0 Å². The Morgan fingerprint density at radius 3 is 2.06 bits per heavy atom. The highest BCUT2D eigenvalue weighted by Gasteiger charge is 2.29. The van der Waals surface area contributed by atoms with Gasteiger partial charge in [-0.3, -0.25) is 0 Å². The van der Waals surface area contributed by atoms with Gasteiger partial charge in [-0.25, -0.2) is 0 Å². The molecule has 0 saturated carbocycles. The van der Waals surface area contributed by atoms with E-state index in [0.29, 0.717) is 11.8 Å². The van der Waals surface area contributed by atoms with Crippen molar-refractivity contribution in [2.75, 3.05) is 11.8 Å². The summed E-state index contributed by atoms with van der Waals surface area (Å²) >= 11 is 18.1. The van der Waals surface area contributed by atoms with E-state index in [1.165, 1.54) is 5.56 Å². The van der Waals surface area contributed by atoms with Crippen LogP contribution in [0.5, 0.6) is 0 Å². The minimum atomic E-state index is -0.107. The molecule has 0 atom stereocenters. The van der Waals surface area contributed by atoms with E-state index >= 15 is 0 Å². The van der Waals surface area contributed by atoms with Gasteiger partial charge in [-0.1, -0.05) is 43.5 Å². The molecule has 0 fully saturated rings. The summed E-state index contributed by atoms with van der Waals surface area (Å²) in [6, 6.07) is 7.86. The predicted octanol–water partition coefficient (Wildman–Crippen LogP) is 5.25. The van der Waals surface area contributed by atoms with Gasteiger partial charge in [-0.05, 0) is 24.1 Å². The maximum absolute atomic E-state index is 6.12.